The molecule has 0 atom stereocenters. The molecule has 1 aliphatic rings. The Morgan fingerprint density at radius 2 is 0.789 bits per heavy atom. The lowest BCUT2D eigenvalue weighted by molar-refractivity contribution is 0.477. The SMILES string of the molecule is c1ccc(-c2ccc(N(c3cc(N(c4ccccc4)c4ccc5c6ccccc6c6ccccc6c5c4)cc(N4c5ccccc5Oc5ccccc54)c3)c3cccc4c3oc3ccccc34)cc2)cc1. The first-order chi connectivity index (χ1) is 35.2. The molecule has 334 valence electrons. The Hall–Kier alpha value is -9.58. The maximum absolute atomic E-state index is 6.88. The van der Waals surface area contributed by atoms with Crippen LogP contribution in [-0.4, -0.2) is 0 Å². The van der Waals surface area contributed by atoms with Crippen LogP contribution in [-0.2, 0) is 0 Å². The predicted octanol–water partition coefficient (Wildman–Crippen LogP) is 19.2. The second-order valence-electron chi connectivity index (χ2n) is 18.1. The molecule has 12 aromatic carbocycles. The van der Waals surface area contributed by atoms with E-state index in [1.807, 2.05) is 30.3 Å². The summed E-state index contributed by atoms with van der Waals surface area (Å²) >= 11 is 0. The standard InChI is InChI=1S/C66H43N3O2/c1-3-18-44(19-4-1)45-34-36-47(37-35-45)68(62-30-17-27-58-57-26-11-14-31-63(57)71-66(58)62)50-40-49(41-51(42-50)69-60-28-12-15-32-64(60)70-65-33-16-13-29-61(65)69)67(46-20-5-2-6-21-46)48-38-39-56-54-24-8-7-22-52(54)53-23-9-10-25-55(53)59(56)43-48/h1-43H. The summed E-state index contributed by atoms with van der Waals surface area (Å²) in [7, 11) is 0. The summed E-state index contributed by atoms with van der Waals surface area (Å²) in [6.07, 6.45) is 0. The molecule has 5 nitrogen and oxygen atoms in total. The fourth-order valence-electron chi connectivity index (χ4n) is 10.8. The topological polar surface area (TPSA) is 32.1 Å². The monoisotopic (exact) mass is 909 g/mol. The number of rotatable bonds is 8. The minimum Gasteiger partial charge on any atom is -0.454 e. The van der Waals surface area contributed by atoms with E-state index in [0.717, 1.165) is 95.8 Å². The molecule has 0 spiro atoms. The highest BCUT2D eigenvalue weighted by Gasteiger charge is 2.29. The summed E-state index contributed by atoms with van der Waals surface area (Å²) in [5.41, 5.74) is 12.7. The van der Waals surface area contributed by atoms with E-state index in [4.69, 9.17) is 9.15 Å². The van der Waals surface area contributed by atoms with Gasteiger partial charge >= 0.3 is 0 Å². The van der Waals surface area contributed by atoms with Crippen molar-refractivity contribution in [3.63, 3.8) is 0 Å². The van der Waals surface area contributed by atoms with E-state index >= 15 is 0 Å². The van der Waals surface area contributed by atoms with Gasteiger partial charge in [-0.25, -0.2) is 0 Å². The number of fused-ring (bicyclic) bond motifs is 11. The van der Waals surface area contributed by atoms with Crippen molar-refractivity contribution in [3.05, 3.63) is 261 Å². The number of para-hydroxylation sites is 7. The van der Waals surface area contributed by atoms with Crippen molar-refractivity contribution >= 4 is 105 Å². The van der Waals surface area contributed by atoms with Crippen LogP contribution in [0.25, 0.3) is 65.4 Å². The van der Waals surface area contributed by atoms with E-state index in [1.54, 1.807) is 0 Å². The van der Waals surface area contributed by atoms with Gasteiger partial charge in [0, 0.05) is 27.8 Å². The Morgan fingerprint density at radius 3 is 1.46 bits per heavy atom. The molecule has 0 bridgehead atoms. The average molecular weight is 910 g/mol. The third kappa shape index (κ3) is 6.78. The van der Waals surface area contributed by atoms with Gasteiger partial charge in [-0.2, -0.15) is 0 Å². The number of anilines is 9. The van der Waals surface area contributed by atoms with Crippen molar-refractivity contribution in [2.24, 2.45) is 0 Å². The quantitative estimate of drug-likeness (QED) is 0.142. The fourth-order valence-corrected chi connectivity index (χ4v) is 10.8. The highest BCUT2D eigenvalue weighted by molar-refractivity contribution is 6.26. The first-order valence-corrected chi connectivity index (χ1v) is 24.1. The Balaban J connectivity index is 1.07. The average Bonchev–Trinajstić information content (AvgIpc) is 3.83. The van der Waals surface area contributed by atoms with Crippen molar-refractivity contribution in [3.8, 4) is 22.6 Å². The molecule has 0 fully saturated rings. The molecule has 1 aliphatic heterocycles. The van der Waals surface area contributed by atoms with Gasteiger partial charge in [-0.3, -0.25) is 0 Å². The Kier molecular flexibility index (Phi) is 9.46. The lowest BCUT2D eigenvalue weighted by Crippen LogP contribution is -2.18. The minimum atomic E-state index is 0.784. The molecule has 0 saturated carbocycles. The van der Waals surface area contributed by atoms with Crippen molar-refractivity contribution in [1.82, 2.24) is 0 Å². The van der Waals surface area contributed by atoms with Crippen LogP contribution in [0.1, 0.15) is 0 Å². The van der Waals surface area contributed by atoms with Crippen LogP contribution in [0.5, 0.6) is 11.5 Å². The second-order valence-corrected chi connectivity index (χ2v) is 18.1. The number of ether oxygens (including phenoxy) is 1. The molecule has 2 heterocycles. The van der Waals surface area contributed by atoms with Crippen molar-refractivity contribution in [1.29, 1.82) is 0 Å². The van der Waals surface area contributed by atoms with Crippen LogP contribution in [0, 0.1) is 0 Å². The minimum absolute atomic E-state index is 0.784. The molecule has 71 heavy (non-hydrogen) atoms. The number of benzene rings is 12. The number of nitrogens with zero attached hydrogens (tertiary/aromatic N) is 3. The Bertz CT molecular complexity index is 4090. The van der Waals surface area contributed by atoms with E-state index in [1.165, 1.54) is 32.3 Å². The summed E-state index contributed by atoms with van der Waals surface area (Å²) < 4.78 is 13.5. The highest BCUT2D eigenvalue weighted by Crippen LogP contribution is 2.54. The summed E-state index contributed by atoms with van der Waals surface area (Å²) in [4.78, 5) is 7.09. The smallest absolute Gasteiger partial charge is 0.159 e. The summed E-state index contributed by atoms with van der Waals surface area (Å²) in [6.45, 7) is 0. The molecular formula is C66H43N3O2. The summed E-state index contributed by atoms with van der Waals surface area (Å²) in [5.74, 6) is 1.57. The van der Waals surface area contributed by atoms with E-state index in [9.17, 15) is 0 Å². The largest absolute Gasteiger partial charge is 0.454 e. The van der Waals surface area contributed by atoms with E-state index in [2.05, 4.69) is 245 Å². The van der Waals surface area contributed by atoms with Gasteiger partial charge < -0.3 is 23.9 Å². The molecule has 0 saturated heterocycles. The number of hydrogen-bond donors (Lipinski definition) is 0. The molecule has 5 heteroatoms. The van der Waals surface area contributed by atoms with Gasteiger partial charge in [0.05, 0.1) is 34.1 Å². The Morgan fingerprint density at radius 1 is 0.296 bits per heavy atom. The second kappa shape index (κ2) is 16.6. The highest BCUT2D eigenvalue weighted by atomic mass is 16.5. The third-order valence-corrected chi connectivity index (χ3v) is 14.0. The van der Waals surface area contributed by atoms with Crippen LogP contribution in [0.2, 0.25) is 0 Å². The van der Waals surface area contributed by atoms with Crippen LogP contribution < -0.4 is 19.4 Å². The molecule has 0 N–H and O–H groups in total. The maximum Gasteiger partial charge on any atom is 0.159 e. The molecule has 13 aromatic rings. The lowest BCUT2D eigenvalue weighted by atomic mass is 9.94. The van der Waals surface area contributed by atoms with Gasteiger partial charge in [-0.05, 0) is 134 Å². The Labute approximate surface area is 410 Å². The van der Waals surface area contributed by atoms with Crippen molar-refractivity contribution in [2.45, 2.75) is 0 Å². The lowest BCUT2D eigenvalue weighted by Gasteiger charge is -2.35. The zero-order valence-electron chi connectivity index (χ0n) is 38.5. The summed E-state index contributed by atoms with van der Waals surface area (Å²) in [6, 6.07) is 93.0. The predicted molar refractivity (Wildman–Crippen MR) is 296 cm³/mol. The van der Waals surface area contributed by atoms with Gasteiger partial charge in [0.1, 0.15) is 5.58 Å². The van der Waals surface area contributed by atoms with Gasteiger partial charge in [-0.1, -0.05) is 170 Å². The normalized spacial score (nSPS) is 12.0. The van der Waals surface area contributed by atoms with Crippen LogP contribution in [0.15, 0.2) is 265 Å². The number of hydrogen-bond acceptors (Lipinski definition) is 5. The first-order valence-electron chi connectivity index (χ1n) is 24.1. The molecule has 1 aromatic heterocycles. The van der Waals surface area contributed by atoms with Crippen LogP contribution >= 0.6 is 0 Å². The van der Waals surface area contributed by atoms with Crippen LogP contribution in [0.4, 0.5) is 51.2 Å². The summed E-state index contributed by atoms with van der Waals surface area (Å²) in [5, 5.41) is 9.49. The molecular weight excluding hydrogens is 867 g/mol. The molecule has 0 aliphatic carbocycles. The van der Waals surface area contributed by atoms with Crippen molar-refractivity contribution in [2.75, 3.05) is 14.7 Å². The molecule has 0 unspecified atom stereocenters. The van der Waals surface area contributed by atoms with Gasteiger partial charge in [-0.15, -0.1) is 0 Å². The van der Waals surface area contributed by atoms with Crippen LogP contribution in [0.3, 0.4) is 0 Å². The van der Waals surface area contributed by atoms with E-state index < -0.39 is 0 Å². The first kappa shape index (κ1) is 40.5. The van der Waals surface area contributed by atoms with Gasteiger partial charge in [0.2, 0.25) is 0 Å². The number of furan rings is 1. The molecule has 14 rings (SSSR count). The third-order valence-electron chi connectivity index (χ3n) is 14.0. The van der Waals surface area contributed by atoms with E-state index in [-0.39, 0.29) is 0 Å². The maximum atomic E-state index is 6.88. The van der Waals surface area contributed by atoms with E-state index in [0.29, 0.717) is 0 Å². The zero-order chi connectivity index (χ0) is 46.8. The molecule has 0 amide bonds. The van der Waals surface area contributed by atoms with Gasteiger partial charge in [0.15, 0.2) is 17.1 Å². The fraction of sp³-hybridized carbons (Fsp3) is 0. The van der Waals surface area contributed by atoms with Crippen molar-refractivity contribution < 1.29 is 9.15 Å². The van der Waals surface area contributed by atoms with Gasteiger partial charge in [0.25, 0.3) is 0 Å². The molecule has 0 radical (unpaired) electrons. The zero-order valence-corrected chi connectivity index (χ0v) is 38.5.